The van der Waals surface area contributed by atoms with Crippen molar-refractivity contribution in [3.63, 3.8) is 0 Å². The van der Waals surface area contributed by atoms with Gasteiger partial charge in [-0.3, -0.25) is 0 Å². The number of ether oxygens (including phenoxy) is 1. The molecule has 0 unspecified atom stereocenters. The predicted molar refractivity (Wildman–Crippen MR) is 195 cm³/mol. The van der Waals surface area contributed by atoms with Gasteiger partial charge in [-0.1, -0.05) is 127 Å². The van der Waals surface area contributed by atoms with E-state index in [1.54, 1.807) is 0 Å². The van der Waals surface area contributed by atoms with E-state index in [4.69, 9.17) is 4.74 Å². The van der Waals surface area contributed by atoms with Crippen LogP contribution in [0, 0.1) is 0 Å². The van der Waals surface area contributed by atoms with Gasteiger partial charge in [0.1, 0.15) is 11.5 Å². The van der Waals surface area contributed by atoms with Gasteiger partial charge in [-0.25, -0.2) is 0 Å². The summed E-state index contributed by atoms with van der Waals surface area (Å²) < 4.78 is 6.26. The van der Waals surface area contributed by atoms with E-state index in [0.29, 0.717) is 0 Å². The van der Waals surface area contributed by atoms with Crippen LogP contribution in [0.5, 0.6) is 11.5 Å². The molecule has 0 amide bonds. The van der Waals surface area contributed by atoms with Gasteiger partial charge in [0.25, 0.3) is 0 Å². The third kappa shape index (κ3) is 4.63. The summed E-state index contributed by atoms with van der Waals surface area (Å²) in [5.74, 6) is 1.84. The van der Waals surface area contributed by atoms with Crippen LogP contribution in [0.1, 0.15) is 0 Å². The quantitative estimate of drug-likeness (QED) is 0.190. The van der Waals surface area contributed by atoms with E-state index >= 15 is 0 Å². The van der Waals surface area contributed by atoms with Gasteiger partial charge in [0.15, 0.2) is 0 Å². The van der Waals surface area contributed by atoms with Gasteiger partial charge < -0.3 is 4.74 Å². The molecule has 1 aromatic heterocycles. The maximum Gasteiger partial charge on any atom is 0.135 e. The van der Waals surface area contributed by atoms with Crippen molar-refractivity contribution in [2.75, 3.05) is 0 Å². The molecule has 2 heteroatoms. The van der Waals surface area contributed by atoms with E-state index < -0.39 is 0 Å². The van der Waals surface area contributed by atoms with Crippen LogP contribution in [0.2, 0.25) is 0 Å². The molecular formula is C44H28OS. The Labute approximate surface area is 272 Å². The average molecular weight is 605 g/mol. The number of benzene rings is 7. The van der Waals surface area contributed by atoms with E-state index in [-0.39, 0.29) is 0 Å². The van der Waals surface area contributed by atoms with E-state index in [1.165, 1.54) is 70.6 Å². The zero-order valence-electron chi connectivity index (χ0n) is 25.0. The normalized spacial score (nSPS) is 11.7. The first kappa shape index (κ1) is 26.7. The van der Waals surface area contributed by atoms with Crippen molar-refractivity contribution in [1.29, 1.82) is 0 Å². The lowest BCUT2D eigenvalue weighted by atomic mass is 9.91. The maximum atomic E-state index is 6.26. The molecule has 46 heavy (non-hydrogen) atoms. The molecule has 0 atom stereocenters. The third-order valence-corrected chi connectivity index (χ3v) is 10.1. The van der Waals surface area contributed by atoms with Crippen molar-refractivity contribution in [2.45, 2.75) is 0 Å². The molecule has 1 aliphatic rings. The highest BCUT2D eigenvalue weighted by molar-refractivity contribution is 7.18. The molecule has 9 rings (SSSR count). The number of fused-ring (bicyclic) bond motifs is 2. The molecule has 8 aromatic rings. The van der Waals surface area contributed by atoms with Crippen LogP contribution in [0.4, 0.5) is 0 Å². The van der Waals surface area contributed by atoms with Crippen LogP contribution in [0.3, 0.4) is 0 Å². The molecule has 2 heterocycles. The number of thiophene rings is 1. The van der Waals surface area contributed by atoms with E-state index in [0.717, 1.165) is 17.1 Å². The summed E-state index contributed by atoms with van der Waals surface area (Å²) in [6.07, 6.45) is 0. The largest absolute Gasteiger partial charge is 0.456 e. The lowest BCUT2D eigenvalue weighted by Gasteiger charge is -2.21. The first-order chi connectivity index (χ1) is 22.8. The average Bonchev–Trinajstić information content (AvgIpc) is 3.63. The second-order valence-corrected chi connectivity index (χ2v) is 12.8. The Morgan fingerprint density at radius 2 is 0.935 bits per heavy atom. The van der Waals surface area contributed by atoms with Crippen LogP contribution >= 0.6 is 11.3 Å². The lowest BCUT2D eigenvalue weighted by molar-refractivity contribution is 0.487. The molecule has 1 aliphatic heterocycles. The van der Waals surface area contributed by atoms with E-state index in [2.05, 4.69) is 164 Å². The smallest absolute Gasteiger partial charge is 0.135 e. The van der Waals surface area contributed by atoms with Crippen LogP contribution in [-0.2, 0) is 0 Å². The molecule has 216 valence electrons. The van der Waals surface area contributed by atoms with Gasteiger partial charge in [0.05, 0.1) is 0 Å². The van der Waals surface area contributed by atoms with Crippen molar-refractivity contribution in [2.24, 2.45) is 0 Å². The van der Waals surface area contributed by atoms with Gasteiger partial charge in [-0.05, 0) is 97.9 Å². The summed E-state index contributed by atoms with van der Waals surface area (Å²) >= 11 is 1.84. The Morgan fingerprint density at radius 3 is 1.72 bits per heavy atom. The highest BCUT2D eigenvalue weighted by atomic mass is 32.1. The molecule has 7 aromatic carbocycles. The standard InChI is InChI=1S/C44H28OS/c1-3-10-30(11-4-1)36-23-22-33(27-38(36)31-12-5-2-6-13-31)29-18-20-32(21-19-29)42-24-25-43(46-42)35-26-34-14-9-17-41-44(34)39(28-35)37-15-7-8-16-40(37)45-41/h1-28H. The van der Waals surface area contributed by atoms with Crippen molar-refractivity contribution in [3.05, 3.63) is 170 Å². The second kappa shape index (κ2) is 11.0. The third-order valence-electron chi connectivity index (χ3n) is 8.92. The maximum absolute atomic E-state index is 6.26. The number of para-hydroxylation sites is 1. The zero-order chi connectivity index (χ0) is 30.5. The summed E-state index contributed by atoms with van der Waals surface area (Å²) in [5.41, 5.74) is 12.2. The summed E-state index contributed by atoms with van der Waals surface area (Å²) in [6.45, 7) is 0. The minimum Gasteiger partial charge on any atom is -0.456 e. The summed E-state index contributed by atoms with van der Waals surface area (Å²) in [5, 5.41) is 2.39. The Balaban J connectivity index is 1.06. The number of hydrogen-bond donors (Lipinski definition) is 0. The number of rotatable bonds is 5. The number of hydrogen-bond acceptors (Lipinski definition) is 2. The molecule has 0 spiro atoms. The van der Waals surface area contributed by atoms with Crippen molar-refractivity contribution < 1.29 is 4.74 Å². The zero-order valence-corrected chi connectivity index (χ0v) is 25.8. The summed E-state index contributed by atoms with van der Waals surface area (Å²) in [7, 11) is 0. The first-order valence-corrected chi connectivity index (χ1v) is 16.4. The predicted octanol–water partition coefficient (Wildman–Crippen LogP) is 13.0. The first-order valence-electron chi connectivity index (χ1n) is 15.6. The molecule has 0 radical (unpaired) electrons. The highest BCUT2D eigenvalue weighted by Gasteiger charge is 2.21. The molecule has 1 nitrogen and oxygen atoms in total. The van der Waals surface area contributed by atoms with Gasteiger partial charge in [-0.2, -0.15) is 0 Å². The minimum atomic E-state index is 0.914. The van der Waals surface area contributed by atoms with Crippen molar-refractivity contribution in [1.82, 2.24) is 0 Å². The Bertz CT molecular complexity index is 2370. The fourth-order valence-electron chi connectivity index (χ4n) is 6.65. The van der Waals surface area contributed by atoms with Gasteiger partial charge in [-0.15, -0.1) is 11.3 Å². The Hall–Kier alpha value is -5.70. The van der Waals surface area contributed by atoms with Crippen LogP contribution < -0.4 is 4.74 Å². The van der Waals surface area contributed by atoms with Crippen LogP contribution in [0.25, 0.3) is 76.2 Å². The molecule has 0 N–H and O–H groups in total. The topological polar surface area (TPSA) is 9.23 Å². The summed E-state index contributed by atoms with van der Waals surface area (Å²) in [6, 6.07) is 61.0. The molecule has 0 aliphatic carbocycles. The van der Waals surface area contributed by atoms with Gasteiger partial charge in [0, 0.05) is 20.7 Å². The minimum absolute atomic E-state index is 0.914. The fourth-order valence-corrected chi connectivity index (χ4v) is 7.65. The van der Waals surface area contributed by atoms with Crippen LogP contribution in [0.15, 0.2) is 170 Å². The molecule has 0 fully saturated rings. The van der Waals surface area contributed by atoms with Crippen molar-refractivity contribution in [3.8, 4) is 76.9 Å². The fraction of sp³-hybridized carbons (Fsp3) is 0. The summed E-state index contributed by atoms with van der Waals surface area (Å²) in [4.78, 5) is 2.52. The molecule has 0 saturated carbocycles. The second-order valence-electron chi connectivity index (χ2n) is 11.7. The molecular weight excluding hydrogens is 577 g/mol. The molecule has 0 saturated heterocycles. The monoisotopic (exact) mass is 604 g/mol. The van der Waals surface area contributed by atoms with Crippen LogP contribution in [-0.4, -0.2) is 0 Å². The molecule has 0 bridgehead atoms. The van der Waals surface area contributed by atoms with E-state index in [9.17, 15) is 0 Å². The SMILES string of the molecule is c1ccc(-c2ccc(-c3ccc(-c4ccc(-c5cc6c7c(cccc7c5)Oc5ccccc5-6)s4)cc3)cc2-c2ccccc2)cc1. The van der Waals surface area contributed by atoms with Gasteiger partial charge >= 0.3 is 0 Å². The lowest BCUT2D eigenvalue weighted by Crippen LogP contribution is -1.97. The van der Waals surface area contributed by atoms with Crippen molar-refractivity contribution >= 4 is 22.1 Å². The highest BCUT2D eigenvalue weighted by Crippen LogP contribution is 2.48. The van der Waals surface area contributed by atoms with Gasteiger partial charge in [0.2, 0.25) is 0 Å². The Morgan fingerprint density at radius 1 is 0.326 bits per heavy atom. The Kier molecular flexibility index (Phi) is 6.40. The van der Waals surface area contributed by atoms with E-state index in [1.807, 2.05) is 17.4 Å².